The number of nitrogens with one attached hydrogen (secondary N) is 2. The molecule has 0 bridgehead atoms. The van der Waals surface area contributed by atoms with Gasteiger partial charge in [-0.25, -0.2) is 9.38 Å². The van der Waals surface area contributed by atoms with Crippen molar-refractivity contribution in [1.82, 2.24) is 15.5 Å². The predicted octanol–water partition coefficient (Wildman–Crippen LogP) is 3.13. The summed E-state index contributed by atoms with van der Waals surface area (Å²) in [5.74, 6) is 1.05. The molecule has 9 heteroatoms. The summed E-state index contributed by atoms with van der Waals surface area (Å²) in [5.41, 5.74) is 1.46. The number of benzene rings is 1. The van der Waals surface area contributed by atoms with Gasteiger partial charge in [-0.2, -0.15) is 0 Å². The fraction of sp³-hybridized carbons (Fsp3) is 0.667. The lowest BCUT2D eigenvalue weighted by molar-refractivity contribution is -0.134. The van der Waals surface area contributed by atoms with E-state index in [1.165, 1.54) is 12.8 Å². The molecule has 0 spiro atoms. The summed E-state index contributed by atoms with van der Waals surface area (Å²) in [6.45, 7) is 7.39. The Morgan fingerprint density at radius 2 is 1.94 bits per heavy atom. The zero-order valence-corrected chi connectivity index (χ0v) is 21.9. The van der Waals surface area contributed by atoms with Crippen LogP contribution in [0.4, 0.5) is 10.1 Å². The molecule has 1 aromatic carbocycles. The molecule has 7 nitrogen and oxygen atoms in total. The Labute approximate surface area is 213 Å². The largest absolute Gasteiger partial charge is 0.378 e. The molecule has 0 aromatic heterocycles. The van der Waals surface area contributed by atoms with Crippen molar-refractivity contribution in [3.8, 4) is 0 Å². The van der Waals surface area contributed by atoms with Gasteiger partial charge in [0.15, 0.2) is 5.96 Å². The number of likely N-dealkylation sites (tertiary alicyclic amines) is 1. The van der Waals surface area contributed by atoms with Crippen molar-refractivity contribution in [2.45, 2.75) is 51.6 Å². The van der Waals surface area contributed by atoms with Gasteiger partial charge in [0.25, 0.3) is 0 Å². The van der Waals surface area contributed by atoms with Crippen LogP contribution in [0, 0.1) is 11.7 Å². The van der Waals surface area contributed by atoms with Crippen LogP contribution in [0.2, 0.25) is 0 Å². The highest BCUT2D eigenvalue weighted by atomic mass is 127. The molecule has 2 aliphatic heterocycles. The topological polar surface area (TPSA) is 69.2 Å². The third-order valence-corrected chi connectivity index (χ3v) is 6.67. The van der Waals surface area contributed by atoms with Crippen LogP contribution in [-0.2, 0) is 16.1 Å². The standard InChI is InChI=1S/C24H36FN5O2.HI/c1-2-26-24(28-20-9-10-30(17-20)23(31)19-5-3-4-6-19)27-16-18-7-8-22(21(25)15-18)29-11-13-32-14-12-29;/h7-8,15,19-20H,2-6,9-14,16-17H2,1H3,(H2,26,27,28);1H. The van der Waals surface area contributed by atoms with Gasteiger partial charge in [-0.05, 0) is 43.9 Å². The van der Waals surface area contributed by atoms with E-state index in [0.29, 0.717) is 50.4 Å². The van der Waals surface area contributed by atoms with Crippen molar-refractivity contribution in [2.24, 2.45) is 10.9 Å². The lowest BCUT2D eigenvalue weighted by atomic mass is 10.1. The summed E-state index contributed by atoms with van der Waals surface area (Å²) in [6, 6.07) is 5.56. The van der Waals surface area contributed by atoms with E-state index in [1.807, 2.05) is 28.9 Å². The highest BCUT2D eigenvalue weighted by Gasteiger charge is 2.32. The second-order valence-corrected chi connectivity index (χ2v) is 8.98. The van der Waals surface area contributed by atoms with E-state index in [-0.39, 0.29) is 41.8 Å². The van der Waals surface area contributed by atoms with Crippen LogP contribution < -0.4 is 15.5 Å². The van der Waals surface area contributed by atoms with Gasteiger partial charge >= 0.3 is 0 Å². The van der Waals surface area contributed by atoms with E-state index in [1.54, 1.807) is 6.07 Å². The molecular formula is C24H37FIN5O2. The minimum Gasteiger partial charge on any atom is -0.378 e. The van der Waals surface area contributed by atoms with E-state index < -0.39 is 0 Å². The molecule has 3 fully saturated rings. The van der Waals surface area contributed by atoms with Crippen LogP contribution in [0.15, 0.2) is 23.2 Å². The number of aliphatic imine (C=N–C) groups is 1. The van der Waals surface area contributed by atoms with Crippen LogP contribution >= 0.6 is 24.0 Å². The first-order valence-corrected chi connectivity index (χ1v) is 12.1. The Balaban J connectivity index is 0.00000306. The van der Waals surface area contributed by atoms with Crippen molar-refractivity contribution >= 4 is 41.5 Å². The van der Waals surface area contributed by atoms with Crippen LogP contribution in [0.3, 0.4) is 0 Å². The Morgan fingerprint density at radius 1 is 1.18 bits per heavy atom. The number of hydrogen-bond donors (Lipinski definition) is 2. The van der Waals surface area contributed by atoms with Crippen molar-refractivity contribution in [2.75, 3.05) is 50.8 Å². The summed E-state index contributed by atoms with van der Waals surface area (Å²) in [6.07, 6.45) is 5.36. The van der Waals surface area contributed by atoms with Crippen LogP contribution in [0.5, 0.6) is 0 Å². The van der Waals surface area contributed by atoms with Crippen LogP contribution in [-0.4, -0.2) is 68.7 Å². The number of carbonyl (C=O) groups is 1. The number of morpholine rings is 1. The van der Waals surface area contributed by atoms with Gasteiger partial charge < -0.3 is 25.2 Å². The smallest absolute Gasteiger partial charge is 0.225 e. The first kappa shape index (κ1) is 26.0. The first-order chi connectivity index (χ1) is 15.6. The number of nitrogens with zero attached hydrogens (tertiary/aromatic N) is 3. The Kier molecular flexibility index (Phi) is 10.0. The van der Waals surface area contributed by atoms with Gasteiger partial charge in [0, 0.05) is 44.7 Å². The molecule has 1 unspecified atom stereocenters. The number of carbonyl (C=O) groups excluding carboxylic acids is 1. The molecule has 4 rings (SSSR count). The SMILES string of the molecule is CCNC(=NCc1ccc(N2CCOCC2)c(F)c1)NC1CCN(C(=O)C2CCCC2)C1.I. The lowest BCUT2D eigenvalue weighted by Gasteiger charge is -2.29. The zero-order valence-electron chi connectivity index (χ0n) is 19.5. The lowest BCUT2D eigenvalue weighted by Crippen LogP contribution is -2.45. The fourth-order valence-corrected chi connectivity index (χ4v) is 4.90. The number of ether oxygens (including phenoxy) is 1. The molecule has 0 radical (unpaired) electrons. The van der Waals surface area contributed by atoms with Crippen molar-refractivity contribution in [1.29, 1.82) is 0 Å². The molecule has 1 atom stereocenters. The molecule has 1 saturated carbocycles. The quantitative estimate of drug-likeness (QED) is 0.311. The van der Waals surface area contributed by atoms with Crippen LogP contribution in [0.1, 0.15) is 44.6 Å². The van der Waals surface area contributed by atoms with Crippen LogP contribution in [0.25, 0.3) is 0 Å². The summed E-state index contributed by atoms with van der Waals surface area (Å²) < 4.78 is 20.0. The predicted molar refractivity (Wildman–Crippen MR) is 140 cm³/mol. The average Bonchev–Trinajstić information content (AvgIpc) is 3.50. The van der Waals surface area contributed by atoms with E-state index in [0.717, 1.165) is 44.5 Å². The second kappa shape index (κ2) is 12.7. The van der Waals surface area contributed by atoms with E-state index in [9.17, 15) is 9.18 Å². The molecule has 1 amide bonds. The summed E-state index contributed by atoms with van der Waals surface area (Å²) >= 11 is 0. The maximum Gasteiger partial charge on any atom is 0.225 e. The fourth-order valence-electron chi connectivity index (χ4n) is 4.90. The molecule has 184 valence electrons. The van der Waals surface area contributed by atoms with Crippen molar-refractivity contribution < 1.29 is 13.9 Å². The molecule has 1 aromatic rings. The molecule has 2 saturated heterocycles. The number of halogens is 2. The van der Waals surface area contributed by atoms with Crippen molar-refractivity contribution in [3.05, 3.63) is 29.6 Å². The Bertz CT molecular complexity index is 812. The molecule has 3 aliphatic rings. The van der Waals surface area contributed by atoms with Gasteiger partial charge in [-0.15, -0.1) is 24.0 Å². The van der Waals surface area contributed by atoms with Gasteiger partial charge in [0.05, 0.1) is 25.4 Å². The van der Waals surface area contributed by atoms with Crippen molar-refractivity contribution in [3.63, 3.8) is 0 Å². The minimum absolute atomic E-state index is 0. The molecule has 33 heavy (non-hydrogen) atoms. The number of anilines is 1. The number of guanidine groups is 1. The zero-order chi connectivity index (χ0) is 22.3. The maximum atomic E-state index is 14.7. The summed E-state index contributed by atoms with van der Waals surface area (Å²) in [4.78, 5) is 21.4. The van der Waals surface area contributed by atoms with E-state index >= 15 is 0 Å². The highest BCUT2D eigenvalue weighted by molar-refractivity contribution is 14.0. The monoisotopic (exact) mass is 573 g/mol. The third kappa shape index (κ3) is 6.94. The maximum absolute atomic E-state index is 14.7. The third-order valence-electron chi connectivity index (χ3n) is 6.67. The summed E-state index contributed by atoms with van der Waals surface area (Å²) in [5, 5.41) is 6.75. The van der Waals surface area contributed by atoms with Gasteiger partial charge in [-0.3, -0.25) is 4.79 Å². The molecule has 2 heterocycles. The van der Waals surface area contributed by atoms with Gasteiger partial charge in [0.2, 0.25) is 5.91 Å². The van der Waals surface area contributed by atoms with Gasteiger partial charge in [0.1, 0.15) is 5.82 Å². The molecular weight excluding hydrogens is 536 g/mol. The second-order valence-electron chi connectivity index (χ2n) is 8.98. The number of amides is 1. The average molecular weight is 573 g/mol. The Hall–Kier alpha value is -1.62. The summed E-state index contributed by atoms with van der Waals surface area (Å²) in [7, 11) is 0. The molecule has 2 N–H and O–H groups in total. The molecule has 1 aliphatic carbocycles. The Morgan fingerprint density at radius 3 is 2.64 bits per heavy atom. The van der Waals surface area contributed by atoms with Gasteiger partial charge in [-0.1, -0.05) is 18.9 Å². The number of rotatable bonds is 6. The first-order valence-electron chi connectivity index (χ1n) is 12.1. The van der Waals surface area contributed by atoms with E-state index in [2.05, 4.69) is 15.6 Å². The highest BCUT2D eigenvalue weighted by Crippen LogP contribution is 2.28. The minimum atomic E-state index is -0.214. The van der Waals surface area contributed by atoms with E-state index in [4.69, 9.17) is 4.74 Å². The number of hydrogen-bond acceptors (Lipinski definition) is 4. The normalized spacial score (nSPS) is 21.8.